The minimum Gasteiger partial charge on any atom is -0.487 e. The number of unbranched alkanes of at least 4 members (excludes halogenated alkanes) is 3. The van der Waals surface area contributed by atoms with Gasteiger partial charge in [0.1, 0.15) is 11.4 Å². The fourth-order valence-electron chi connectivity index (χ4n) is 5.37. The van der Waals surface area contributed by atoms with Crippen LogP contribution in [-0.4, -0.2) is 10.6 Å². The van der Waals surface area contributed by atoms with Gasteiger partial charge in [-0.05, 0) is 44.9 Å². The van der Waals surface area contributed by atoms with Gasteiger partial charge in [-0.15, -0.1) is 0 Å². The van der Waals surface area contributed by atoms with Crippen LogP contribution in [0.2, 0.25) is 0 Å². The highest BCUT2D eigenvalue weighted by Gasteiger charge is 2.47. The predicted octanol–water partition coefficient (Wildman–Crippen LogP) is 6.31. The van der Waals surface area contributed by atoms with Crippen molar-refractivity contribution in [3.05, 3.63) is 27.7 Å². The lowest BCUT2D eigenvalue weighted by molar-refractivity contribution is -0.0145. The number of hydrogen-bond acceptors (Lipinski definition) is 2. The van der Waals surface area contributed by atoms with E-state index in [2.05, 4.69) is 52.6 Å². The lowest BCUT2D eigenvalue weighted by atomic mass is 9.64. The van der Waals surface area contributed by atoms with Gasteiger partial charge in [0, 0.05) is 23.1 Å². The third kappa shape index (κ3) is 4.12. The number of pyridine rings is 1. The van der Waals surface area contributed by atoms with Crippen molar-refractivity contribution in [3.8, 4) is 5.75 Å². The fraction of sp³-hybridized carbons (Fsp3) is 0.792. The first kappa shape index (κ1) is 20.5. The number of aromatic amines is 1. The van der Waals surface area contributed by atoms with Gasteiger partial charge in [0.15, 0.2) is 0 Å². The lowest BCUT2D eigenvalue weighted by Crippen LogP contribution is -2.48. The Balaban J connectivity index is 1.93. The third-order valence-corrected chi connectivity index (χ3v) is 7.17. The average Bonchev–Trinajstić information content (AvgIpc) is 2.57. The van der Waals surface area contributed by atoms with Gasteiger partial charge in [-0.1, -0.05) is 59.8 Å². The summed E-state index contributed by atoms with van der Waals surface area (Å²) in [5.41, 5.74) is 1.79. The molecular formula is C24H39NO2. The number of hydrogen-bond donors (Lipinski definition) is 1. The Morgan fingerprint density at radius 3 is 2.67 bits per heavy atom. The summed E-state index contributed by atoms with van der Waals surface area (Å²) < 4.78 is 6.46. The second-order valence-electron chi connectivity index (χ2n) is 10.3. The van der Waals surface area contributed by atoms with Crippen LogP contribution in [0, 0.1) is 11.8 Å². The molecule has 27 heavy (non-hydrogen) atoms. The van der Waals surface area contributed by atoms with Crippen LogP contribution in [0.3, 0.4) is 0 Å². The molecule has 152 valence electrons. The van der Waals surface area contributed by atoms with Gasteiger partial charge in [-0.25, -0.2) is 0 Å². The van der Waals surface area contributed by atoms with Gasteiger partial charge in [-0.2, -0.15) is 0 Å². The zero-order chi connectivity index (χ0) is 19.8. The maximum absolute atomic E-state index is 13.1. The van der Waals surface area contributed by atoms with E-state index in [0.717, 1.165) is 36.3 Å². The molecule has 0 amide bonds. The summed E-state index contributed by atoms with van der Waals surface area (Å²) in [6, 6.07) is 2.15. The Morgan fingerprint density at radius 1 is 1.22 bits per heavy atom. The summed E-state index contributed by atoms with van der Waals surface area (Å²) >= 11 is 0. The van der Waals surface area contributed by atoms with Crippen LogP contribution in [-0.2, 0) is 5.41 Å². The van der Waals surface area contributed by atoms with E-state index in [4.69, 9.17) is 4.74 Å². The molecule has 1 aliphatic carbocycles. The van der Waals surface area contributed by atoms with Gasteiger partial charge >= 0.3 is 0 Å². The molecule has 3 heteroatoms. The van der Waals surface area contributed by atoms with E-state index in [1.54, 1.807) is 0 Å². The van der Waals surface area contributed by atoms with Crippen molar-refractivity contribution in [3.63, 3.8) is 0 Å². The average molecular weight is 374 g/mol. The summed E-state index contributed by atoms with van der Waals surface area (Å²) in [6.07, 6.45) is 9.60. The first-order valence-corrected chi connectivity index (χ1v) is 11.1. The van der Waals surface area contributed by atoms with Gasteiger partial charge in [0.2, 0.25) is 0 Å². The number of H-pyrrole nitrogens is 1. The van der Waals surface area contributed by atoms with Crippen LogP contribution >= 0.6 is 0 Å². The molecule has 2 heterocycles. The number of nitrogens with one attached hydrogen (secondary N) is 1. The normalized spacial score (nSPS) is 26.8. The molecule has 0 aromatic carbocycles. The zero-order valence-corrected chi connectivity index (χ0v) is 18.3. The van der Waals surface area contributed by atoms with Crippen LogP contribution < -0.4 is 10.3 Å². The quantitative estimate of drug-likeness (QED) is 0.593. The van der Waals surface area contributed by atoms with E-state index in [1.165, 1.54) is 32.1 Å². The van der Waals surface area contributed by atoms with Crippen LogP contribution in [0.15, 0.2) is 10.9 Å². The van der Waals surface area contributed by atoms with Crippen LogP contribution in [0.4, 0.5) is 0 Å². The molecule has 3 rings (SSSR count). The lowest BCUT2D eigenvalue weighted by Gasteiger charge is -2.48. The minimum absolute atomic E-state index is 0.0356. The number of ether oxygens (including phenoxy) is 1. The highest BCUT2D eigenvalue weighted by Crippen LogP contribution is 2.52. The topological polar surface area (TPSA) is 42.1 Å². The molecule has 2 aliphatic rings. The molecule has 1 aromatic heterocycles. The molecule has 3 atom stereocenters. The van der Waals surface area contributed by atoms with E-state index in [0.29, 0.717) is 17.8 Å². The largest absolute Gasteiger partial charge is 0.487 e. The van der Waals surface area contributed by atoms with Gasteiger partial charge in [0.05, 0.1) is 5.56 Å². The van der Waals surface area contributed by atoms with E-state index in [1.807, 2.05) is 0 Å². The summed E-state index contributed by atoms with van der Waals surface area (Å²) in [5.74, 6) is 2.30. The molecule has 3 nitrogen and oxygen atoms in total. The van der Waals surface area contributed by atoms with Gasteiger partial charge in [0.25, 0.3) is 5.56 Å². The van der Waals surface area contributed by atoms with Crippen LogP contribution in [0.5, 0.6) is 5.75 Å². The Kier molecular flexibility index (Phi) is 5.80. The molecular weight excluding hydrogens is 334 g/mol. The number of fused-ring (bicyclic) bond motifs is 3. The summed E-state index contributed by atoms with van der Waals surface area (Å²) in [6.45, 7) is 13.5. The Labute approximate surface area is 165 Å². The SMILES string of the molecule is CCCCCCC(C)(C)c1cc2c(c(=O)[nH]1)[C@@H]1C[C@H](C)CCC1C(C)(C)O2. The molecule has 1 saturated carbocycles. The third-order valence-electron chi connectivity index (χ3n) is 7.17. The van der Waals surface area contributed by atoms with Crippen molar-refractivity contribution in [1.29, 1.82) is 0 Å². The van der Waals surface area contributed by atoms with Crippen molar-refractivity contribution in [2.24, 2.45) is 11.8 Å². The summed E-state index contributed by atoms with van der Waals surface area (Å²) in [5, 5.41) is 0. The molecule has 1 fully saturated rings. The first-order chi connectivity index (χ1) is 12.7. The number of aromatic nitrogens is 1. The molecule has 1 unspecified atom stereocenters. The smallest absolute Gasteiger partial charge is 0.255 e. The Morgan fingerprint density at radius 2 is 1.96 bits per heavy atom. The second kappa shape index (κ2) is 7.64. The molecule has 1 N–H and O–H groups in total. The fourth-order valence-corrected chi connectivity index (χ4v) is 5.37. The van der Waals surface area contributed by atoms with Crippen molar-refractivity contribution in [2.45, 2.75) is 110 Å². The minimum atomic E-state index is -0.200. The van der Waals surface area contributed by atoms with Gasteiger partial charge in [-0.3, -0.25) is 4.79 Å². The second-order valence-corrected chi connectivity index (χ2v) is 10.3. The Hall–Kier alpha value is -1.25. The van der Waals surface area contributed by atoms with Crippen molar-refractivity contribution in [1.82, 2.24) is 4.98 Å². The number of rotatable bonds is 6. The molecule has 1 aliphatic heterocycles. The maximum Gasteiger partial charge on any atom is 0.255 e. The standard InChI is InChI=1S/C24H39NO2/c1-7-8-9-10-13-23(3,4)20-15-19-21(22(26)25-20)17-14-16(2)11-12-18(17)24(5,6)27-19/h15-18H,7-14H2,1-6H3,(H,25,26)/t16-,17-,18?/m1/s1. The highest BCUT2D eigenvalue weighted by molar-refractivity contribution is 5.41. The zero-order valence-electron chi connectivity index (χ0n) is 18.3. The van der Waals surface area contributed by atoms with Crippen molar-refractivity contribution < 1.29 is 4.74 Å². The summed E-state index contributed by atoms with van der Waals surface area (Å²) in [4.78, 5) is 16.4. The van der Waals surface area contributed by atoms with E-state index < -0.39 is 0 Å². The summed E-state index contributed by atoms with van der Waals surface area (Å²) in [7, 11) is 0. The molecule has 0 radical (unpaired) electrons. The van der Waals surface area contributed by atoms with Crippen molar-refractivity contribution >= 4 is 0 Å². The predicted molar refractivity (Wildman–Crippen MR) is 113 cm³/mol. The van der Waals surface area contributed by atoms with Crippen molar-refractivity contribution in [2.75, 3.05) is 0 Å². The van der Waals surface area contributed by atoms with E-state index >= 15 is 0 Å². The molecule has 0 bridgehead atoms. The Bertz CT molecular complexity index is 716. The van der Waals surface area contributed by atoms with Crippen LogP contribution in [0.1, 0.15) is 110 Å². The molecule has 0 saturated heterocycles. The van der Waals surface area contributed by atoms with Gasteiger partial charge < -0.3 is 9.72 Å². The van der Waals surface area contributed by atoms with E-state index in [9.17, 15) is 4.79 Å². The molecule has 0 spiro atoms. The van der Waals surface area contributed by atoms with Crippen LogP contribution in [0.25, 0.3) is 0 Å². The molecule has 1 aromatic rings. The maximum atomic E-state index is 13.1. The monoisotopic (exact) mass is 373 g/mol. The van der Waals surface area contributed by atoms with E-state index in [-0.39, 0.29) is 16.6 Å². The highest BCUT2D eigenvalue weighted by atomic mass is 16.5. The first-order valence-electron chi connectivity index (χ1n) is 11.1.